The van der Waals surface area contributed by atoms with Gasteiger partial charge in [0, 0.05) is 6.54 Å². The van der Waals surface area contributed by atoms with E-state index in [1.54, 1.807) is 31.2 Å². The molecule has 1 aromatic carbocycles. The molecule has 0 bridgehead atoms. The first kappa shape index (κ1) is 15.5. The van der Waals surface area contributed by atoms with Crippen molar-refractivity contribution in [3.05, 3.63) is 35.4 Å². The minimum atomic E-state index is -4.21. The average Bonchev–Trinajstić information content (AvgIpc) is 2.28. The van der Waals surface area contributed by atoms with E-state index in [1.165, 1.54) is 4.90 Å². The van der Waals surface area contributed by atoms with Crippen LogP contribution in [0.1, 0.15) is 18.1 Å². The van der Waals surface area contributed by atoms with Gasteiger partial charge in [-0.1, -0.05) is 31.2 Å². The van der Waals surface area contributed by atoms with Crippen molar-refractivity contribution in [2.24, 2.45) is 0 Å². The topological polar surface area (TPSA) is 40.5 Å². The summed E-state index contributed by atoms with van der Waals surface area (Å²) >= 11 is 0. The van der Waals surface area contributed by atoms with Crippen LogP contribution < -0.4 is 0 Å². The van der Waals surface area contributed by atoms with Gasteiger partial charge in [-0.3, -0.25) is 9.69 Å². The summed E-state index contributed by atoms with van der Waals surface area (Å²) in [5, 5.41) is 8.61. The molecule has 0 saturated heterocycles. The quantitative estimate of drug-likeness (QED) is 0.867. The summed E-state index contributed by atoms with van der Waals surface area (Å²) in [6, 6.07) is 6.59. The smallest absolute Gasteiger partial charge is 0.401 e. The number of nitrogens with zero attached hydrogens (tertiary/aromatic N) is 1. The van der Waals surface area contributed by atoms with Gasteiger partial charge in [-0.15, -0.1) is 0 Å². The maximum Gasteiger partial charge on any atom is 0.401 e. The Hall–Kier alpha value is -1.56. The van der Waals surface area contributed by atoms with Gasteiger partial charge < -0.3 is 5.11 Å². The van der Waals surface area contributed by atoms with E-state index in [9.17, 15) is 18.0 Å². The molecule has 0 fully saturated rings. The predicted molar refractivity (Wildman–Crippen MR) is 64.8 cm³/mol. The second-order valence-corrected chi connectivity index (χ2v) is 4.31. The van der Waals surface area contributed by atoms with Crippen molar-refractivity contribution in [2.45, 2.75) is 26.1 Å². The van der Waals surface area contributed by atoms with Gasteiger partial charge in [0.05, 0.1) is 13.0 Å². The number of carboxylic acid groups (broad SMARTS) is 1. The van der Waals surface area contributed by atoms with Crippen LogP contribution in [0.5, 0.6) is 0 Å². The largest absolute Gasteiger partial charge is 0.481 e. The predicted octanol–water partition coefficient (Wildman–Crippen LogP) is 2.70. The molecule has 0 aliphatic heterocycles. The molecule has 1 rings (SSSR count). The number of hydrogen-bond acceptors (Lipinski definition) is 2. The first-order chi connectivity index (χ1) is 8.80. The molecular formula is C13H16F3NO2. The zero-order valence-corrected chi connectivity index (χ0v) is 10.6. The first-order valence-corrected chi connectivity index (χ1v) is 5.89. The highest BCUT2D eigenvalue weighted by atomic mass is 19.4. The van der Waals surface area contributed by atoms with Crippen molar-refractivity contribution in [3.8, 4) is 0 Å². The van der Waals surface area contributed by atoms with Crippen LogP contribution in [0.4, 0.5) is 13.2 Å². The fourth-order valence-electron chi connectivity index (χ4n) is 1.73. The molecule has 0 heterocycles. The molecule has 106 valence electrons. The Bertz CT molecular complexity index is 415. The molecule has 1 aromatic rings. The monoisotopic (exact) mass is 275 g/mol. The molecule has 0 amide bonds. The molecule has 0 aliphatic rings. The Morgan fingerprint density at radius 3 is 2.16 bits per heavy atom. The lowest BCUT2D eigenvalue weighted by Crippen LogP contribution is -2.33. The second-order valence-electron chi connectivity index (χ2n) is 4.31. The van der Waals surface area contributed by atoms with Gasteiger partial charge in [-0.05, 0) is 17.7 Å². The summed E-state index contributed by atoms with van der Waals surface area (Å²) in [6.07, 6.45) is -4.29. The first-order valence-electron chi connectivity index (χ1n) is 5.89. The maximum atomic E-state index is 12.3. The van der Waals surface area contributed by atoms with Crippen LogP contribution in [-0.4, -0.2) is 35.2 Å². The number of benzene rings is 1. The van der Waals surface area contributed by atoms with Crippen molar-refractivity contribution < 1.29 is 23.1 Å². The summed E-state index contributed by atoms with van der Waals surface area (Å²) in [4.78, 5) is 11.8. The van der Waals surface area contributed by atoms with Crippen molar-refractivity contribution in [1.29, 1.82) is 0 Å². The van der Waals surface area contributed by atoms with E-state index in [1.807, 2.05) is 0 Å². The Kier molecular flexibility index (Phi) is 5.35. The lowest BCUT2D eigenvalue weighted by molar-refractivity contribution is -0.146. The highest BCUT2D eigenvalue weighted by molar-refractivity contribution is 5.70. The highest BCUT2D eigenvalue weighted by Crippen LogP contribution is 2.18. The standard InChI is InChI=1S/C13H16F3NO2/c1-2-17(9-13(14,15)16)8-11-5-3-10(4-6-11)7-12(18)19/h3-6H,2,7-9H2,1H3,(H,18,19). The molecule has 0 aromatic heterocycles. The second kappa shape index (κ2) is 6.56. The fraction of sp³-hybridized carbons (Fsp3) is 0.462. The van der Waals surface area contributed by atoms with Crippen LogP contribution in [0.2, 0.25) is 0 Å². The van der Waals surface area contributed by atoms with Gasteiger partial charge >= 0.3 is 12.1 Å². The average molecular weight is 275 g/mol. The SMILES string of the molecule is CCN(Cc1ccc(CC(=O)O)cc1)CC(F)(F)F. The maximum absolute atomic E-state index is 12.3. The molecular weight excluding hydrogens is 259 g/mol. The summed E-state index contributed by atoms with van der Waals surface area (Å²) < 4.78 is 36.9. The molecule has 0 atom stereocenters. The van der Waals surface area contributed by atoms with E-state index in [2.05, 4.69) is 0 Å². The van der Waals surface area contributed by atoms with Crippen LogP contribution >= 0.6 is 0 Å². The van der Waals surface area contributed by atoms with E-state index in [-0.39, 0.29) is 13.0 Å². The van der Waals surface area contributed by atoms with E-state index < -0.39 is 18.7 Å². The summed E-state index contributed by atoms with van der Waals surface area (Å²) in [5.41, 5.74) is 1.37. The lowest BCUT2D eigenvalue weighted by Gasteiger charge is -2.21. The summed E-state index contributed by atoms with van der Waals surface area (Å²) in [7, 11) is 0. The Labute approximate surface area is 109 Å². The third kappa shape index (κ3) is 6.24. The lowest BCUT2D eigenvalue weighted by atomic mass is 10.1. The molecule has 0 unspecified atom stereocenters. The zero-order valence-electron chi connectivity index (χ0n) is 10.6. The van der Waals surface area contributed by atoms with Gasteiger partial charge in [-0.2, -0.15) is 13.2 Å². The van der Waals surface area contributed by atoms with Crippen molar-refractivity contribution >= 4 is 5.97 Å². The molecule has 0 spiro atoms. The number of halogens is 3. The molecule has 19 heavy (non-hydrogen) atoms. The normalized spacial score (nSPS) is 11.8. The highest BCUT2D eigenvalue weighted by Gasteiger charge is 2.29. The molecule has 3 nitrogen and oxygen atoms in total. The van der Waals surface area contributed by atoms with E-state index in [0.717, 1.165) is 5.56 Å². The Morgan fingerprint density at radius 1 is 1.21 bits per heavy atom. The van der Waals surface area contributed by atoms with Gasteiger partial charge in [-0.25, -0.2) is 0 Å². The molecule has 0 radical (unpaired) electrons. The number of hydrogen-bond donors (Lipinski definition) is 1. The van der Waals surface area contributed by atoms with Crippen LogP contribution in [0.3, 0.4) is 0 Å². The van der Waals surface area contributed by atoms with Gasteiger partial charge in [0.15, 0.2) is 0 Å². The number of aliphatic carboxylic acids is 1. The van der Waals surface area contributed by atoms with Crippen LogP contribution in [0, 0.1) is 0 Å². The Morgan fingerprint density at radius 2 is 1.74 bits per heavy atom. The number of carbonyl (C=O) groups is 1. The van der Waals surface area contributed by atoms with Crippen molar-refractivity contribution in [2.75, 3.05) is 13.1 Å². The van der Waals surface area contributed by atoms with E-state index >= 15 is 0 Å². The van der Waals surface area contributed by atoms with Crippen LogP contribution in [-0.2, 0) is 17.8 Å². The summed E-state index contributed by atoms with van der Waals surface area (Å²) in [5.74, 6) is -0.931. The van der Waals surface area contributed by atoms with E-state index in [0.29, 0.717) is 12.1 Å². The van der Waals surface area contributed by atoms with Crippen molar-refractivity contribution in [1.82, 2.24) is 4.90 Å². The van der Waals surface area contributed by atoms with Crippen LogP contribution in [0.25, 0.3) is 0 Å². The van der Waals surface area contributed by atoms with Gasteiger partial charge in [0.25, 0.3) is 0 Å². The molecule has 0 saturated carbocycles. The Balaban J connectivity index is 2.63. The zero-order chi connectivity index (χ0) is 14.5. The minimum Gasteiger partial charge on any atom is -0.481 e. The number of carboxylic acids is 1. The van der Waals surface area contributed by atoms with Gasteiger partial charge in [0.1, 0.15) is 0 Å². The van der Waals surface area contributed by atoms with Gasteiger partial charge in [0.2, 0.25) is 0 Å². The third-order valence-corrected chi connectivity index (χ3v) is 2.63. The van der Waals surface area contributed by atoms with E-state index in [4.69, 9.17) is 5.11 Å². The number of alkyl halides is 3. The van der Waals surface area contributed by atoms with Crippen LogP contribution in [0.15, 0.2) is 24.3 Å². The molecule has 0 aliphatic carbocycles. The summed E-state index contributed by atoms with van der Waals surface area (Å²) in [6.45, 7) is 1.23. The molecule has 6 heteroatoms. The number of rotatable bonds is 6. The molecule has 1 N–H and O–H groups in total. The van der Waals surface area contributed by atoms with Crippen molar-refractivity contribution in [3.63, 3.8) is 0 Å². The minimum absolute atomic E-state index is 0.0830. The third-order valence-electron chi connectivity index (χ3n) is 2.63. The fourth-order valence-corrected chi connectivity index (χ4v) is 1.73.